The van der Waals surface area contributed by atoms with Crippen molar-refractivity contribution in [2.24, 2.45) is 5.92 Å². The standard InChI is InChI=1S/C32H35F3/c1-3-4-6-11-29-31(34)20-27(21-32(29)35)28-17-16-26(19-30(28)33)25-14-12-23(13-15-25)18-22(2)24-9-7-5-8-10-24/h3-5,7-10,16-17,19-23,25H,6,11-15,18H2,1-2H3/t22-,23?,25?/m1/s1. The van der Waals surface area contributed by atoms with E-state index in [-0.39, 0.29) is 23.1 Å². The monoisotopic (exact) mass is 476 g/mol. The summed E-state index contributed by atoms with van der Waals surface area (Å²) in [6.07, 6.45) is 10.2. The van der Waals surface area contributed by atoms with E-state index in [2.05, 4.69) is 37.3 Å². The van der Waals surface area contributed by atoms with Gasteiger partial charge < -0.3 is 0 Å². The highest BCUT2D eigenvalue weighted by atomic mass is 19.1. The summed E-state index contributed by atoms with van der Waals surface area (Å²) in [7, 11) is 0. The van der Waals surface area contributed by atoms with Gasteiger partial charge in [0.2, 0.25) is 0 Å². The molecular weight excluding hydrogens is 441 g/mol. The number of hydrogen-bond donors (Lipinski definition) is 0. The summed E-state index contributed by atoms with van der Waals surface area (Å²) >= 11 is 0. The van der Waals surface area contributed by atoms with Crippen molar-refractivity contribution in [3.05, 3.63) is 107 Å². The highest BCUT2D eigenvalue weighted by Gasteiger charge is 2.25. The fourth-order valence-electron chi connectivity index (χ4n) is 5.56. The molecule has 0 amide bonds. The zero-order valence-electron chi connectivity index (χ0n) is 20.7. The van der Waals surface area contributed by atoms with Crippen LogP contribution in [0.2, 0.25) is 0 Å². The molecule has 1 aliphatic carbocycles. The van der Waals surface area contributed by atoms with Gasteiger partial charge in [-0.25, -0.2) is 13.2 Å². The summed E-state index contributed by atoms with van der Waals surface area (Å²) < 4.78 is 44.2. The van der Waals surface area contributed by atoms with Crippen molar-refractivity contribution in [1.82, 2.24) is 0 Å². The van der Waals surface area contributed by atoms with Gasteiger partial charge in [0, 0.05) is 11.1 Å². The quantitative estimate of drug-likeness (QED) is 0.284. The zero-order chi connectivity index (χ0) is 24.8. The molecule has 3 heteroatoms. The van der Waals surface area contributed by atoms with Crippen LogP contribution in [0.3, 0.4) is 0 Å². The van der Waals surface area contributed by atoms with Gasteiger partial charge in [-0.15, -0.1) is 0 Å². The number of hydrogen-bond acceptors (Lipinski definition) is 0. The molecular formula is C32H35F3. The smallest absolute Gasteiger partial charge is 0.131 e. The van der Waals surface area contributed by atoms with E-state index < -0.39 is 17.5 Å². The minimum Gasteiger partial charge on any atom is -0.207 e. The first-order valence-corrected chi connectivity index (χ1v) is 12.9. The Hall–Kier alpha value is -2.81. The van der Waals surface area contributed by atoms with Gasteiger partial charge in [0.15, 0.2) is 0 Å². The van der Waals surface area contributed by atoms with E-state index in [1.165, 1.54) is 24.1 Å². The van der Waals surface area contributed by atoms with E-state index >= 15 is 4.39 Å². The third-order valence-electron chi connectivity index (χ3n) is 7.62. The third kappa shape index (κ3) is 6.25. The van der Waals surface area contributed by atoms with Crippen LogP contribution in [0.1, 0.15) is 80.9 Å². The SMILES string of the molecule is CC=CCCc1c(F)cc(-c2ccc(C3CCC(C[C@@H](C)c4ccccc4)CC3)cc2F)cc1F. The highest BCUT2D eigenvalue weighted by molar-refractivity contribution is 5.65. The van der Waals surface area contributed by atoms with Crippen molar-refractivity contribution < 1.29 is 13.2 Å². The van der Waals surface area contributed by atoms with E-state index in [9.17, 15) is 8.78 Å². The molecule has 4 rings (SSSR count). The molecule has 3 aromatic rings. The molecule has 0 spiro atoms. The van der Waals surface area contributed by atoms with Crippen molar-refractivity contribution >= 4 is 0 Å². The first kappa shape index (κ1) is 25.3. The summed E-state index contributed by atoms with van der Waals surface area (Å²) in [4.78, 5) is 0. The first-order valence-electron chi connectivity index (χ1n) is 12.9. The molecule has 0 nitrogen and oxygen atoms in total. The van der Waals surface area contributed by atoms with Crippen molar-refractivity contribution in [3.63, 3.8) is 0 Å². The highest BCUT2D eigenvalue weighted by Crippen LogP contribution is 2.40. The molecule has 0 saturated heterocycles. The zero-order valence-corrected chi connectivity index (χ0v) is 20.7. The van der Waals surface area contributed by atoms with Crippen molar-refractivity contribution in [3.8, 4) is 11.1 Å². The van der Waals surface area contributed by atoms with Gasteiger partial charge in [-0.05, 0) is 105 Å². The lowest BCUT2D eigenvalue weighted by Crippen LogP contribution is -2.15. The lowest BCUT2D eigenvalue weighted by molar-refractivity contribution is 0.297. The van der Waals surface area contributed by atoms with Gasteiger partial charge in [0.25, 0.3) is 0 Å². The molecule has 0 radical (unpaired) electrons. The summed E-state index contributed by atoms with van der Waals surface area (Å²) in [6, 6.07) is 18.4. The Bertz CT molecular complexity index is 1120. The number of allylic oxidation sites excluding steroid dienone is 2. The van der Waals surface area contributed by atoms with Crippen LogP contribution in [0, 0.1) is 23.4 Å². The fourth-order valence-corrected chi connectivity index (χ4v) is 5.56. The van der Waals surface area contributed by atoms with Crippen LogP contribution < -0.4 is 0 Å². The largest absolute Gasteiger partial charge is 0.207 e. The molecule has 1 fully saturated rings. The van der Waals surface area contributed by atoms with E-state index in [0.29, 0.717) is 24.2 Å². The number of benzene rings is 3. The topological polar surface area (TPSA) is 0 Å². The average Bonchev–Trinajstić information content (AvgIpc) is 2.86. The Kier molecular flexibility index (Phi) is 8.49. The molecule has 1 aliphatic rings. The molecule has 35 heavy (non-hydrogen) atoms. The van der Waals surface area contributed by atoms with E-state index in [0.717, 1.165) is 31.2 Å². The van der Waals surface area contributed by atoms with Gasteiger partial charge in [0.05, 0.1) is 0 Å². The van der Waals surface area contributed by atoms with Gasteiger partial charge >= 0.3 is 0 Å². The van der Waals surface area contributed by atoms with Crippen LogP contribution in [-0.4, -0.2) is 0 Å². The van der Waals surface area contributed by atoms with E-state index in [1.807, 2.05) is 25.1 Å². The molecule has 0 aliphatic heterocycles. The predicted octanol–water partition coefficient (Wildman–Crippen LogP) is 9.75. The van der Waals surface area contributed by atoms with Crippen molar-refractivity contribution in [2.75, 3.05) is 0 Å². The van der Waals surface area contributed by atoms with Crippen LogP contribution in [0.25, 0.3) is 11.1 Å². The second kappa shape index (κ2) is 11.7. The van der Waals surface area contributed by atoms with Crippen LogP contribution in [0.5, 0.6) is 0 Å². The van der Waals surface area contributed by atoms with Gasteiger partial charge in [0.1, 0.15) is 17.5 Å². The van der Waals surface area contributed by atoms with Crippen LogP contribution in [0.15, 0.2) is 72.8 Å². The number of rotatable bonds is 8. The molecule has 0 unspecified atom stereocenters. The fraction of sp³-hybridized carbons (Fsp3) is 0.375. The van der Waals surface area contributed by atoms with Gasteiger partial charge in [-0.1, -0.05) is 61.5 Å². The molecule has 184 valence electrons. The first-order chi connectivity index (χ1) is 17.0. The Balaban J connectivity index is 1.40. The molecule has 0 heterocycles. The summed E-state index contributed by atoms with van der Waals surface area (Å²) in [6.45, 7) is 4.18. The maximum Gasteiger partial charge on any atom is 0.131 e. The minimum atomic E-state index is -0.615. The minimum absolute atomic E-state index is 0.0576. The van der Waals surface area contributed by atoms with Crippen LogP contribution >= 0.6 is 0 Å². The molecule has 0 aromatic heterocycles. The maximum atomic E-state index is 15.1. The molecule has 0 N–H and O–H groups in total. The molecule has 1 atom stereocenters. The Labute approximate surface area is 207 Å². The Morgan fingerprint density at radius 2 is 1.54 bits per heavy atom. The summed E-state index contributed by atoms with van der Waals surface area (Å²) in [5.74, 6) is -0.0632. The maximum absolute atomic E-state index is 15.1. The molecule has 0 bridgehead atoms. The van der Waals surface area contributed by atoms with Crippen molar-refractivity contribution in [2.45, 2.75) is 70.6 Å². The van der Waals surface area contributed by atoms with Gasteiger partial charge in [-0.3, -0.25) is 0 Å². The molecule has 1 saturated carbocycles. The van der Waals surface area contributed by atoms with Crippen LogP contribution in [-0.2, 0) is 6.42 Å². The lowest BCUT2D eigenvalue weighted by Gasteiger charge is -2.30. The second-order valence-corrected chi connectivity index (χ2v) is 10.0. The van der Waals surface area contributed by atoms with Crippen molar-refractivity contribution in [1.29, 1.82) is 0 Å². The van der Waals surface area contributed by atoms with E-state index in [4.69, 9.17) is 0 Å². The lowest BCUT2D eigenvalue weighted by atomic mass is 9.75. The normalized spacial score (nSPS) is 19.2. The second-order valence-electron chi connectivity index (χ2n) is 10.0. The van der Waals surface area contributed by atoms with E-state index in [1.54, 1.807) is 12.1 Å². The third-order valence-corrected chi connectivity index (χ3v) is 7.62. The molecule has 3 aromatic carbocycles. The number of halogens is 3. The summed E-state index contributed by atoms with van der Waals surface area (Å²) in [5.41, 5.74) is 2.94. The van der Waals surface area contributed by atoms with Gasteiger partial charge in [-0.2, -0.15) is 0 Å². The summed E-state index contributed by atoms with van der Waals surface area (Å²) in [5, 5.41) is 0. The Morgan fingerprint density at radius 3 is 2.17 bits per heavy atom. The average molecular weight is 477 g/mol. The Morgan fingerprint density at radius 1 is 0.857 bits per heavy atom. The predicted molar refractivity (Wildman–Crippen MR) is 139 cm³/mol. The van der Waals surface area contributed by atoms with Crippen LogP contribution in [0.4, 0.5) is 13.2 Å².